The summed E-state index contributed by atoms with van der Waals surface area (Å²) < 4.78 is 24.1. The fourth-order valence-corrected chi connectivity index (χ4v) is 3.75. The molecule has 1 aromatic heterocycles. The van der Waals surface area contributed by atoms with Crippen LogP contribution < -0.4 is 15.0 Å². The maximum Gasteiger partial charge on any atom is 0.287 e. The number of hydrogen-bond donors (Lipinski definition) is 1. The van der Waals surface area contributed by atoms with Crippen LogP contribution in [0, 0.1) is 18.7 Å². The second kappa shape index (κ2) is 7.54. The molecule has 1 aliphatic rings. The van der Waals surface area contributed by atoms with Crippen LogP contribution in [0.1, 0.15) is 22.5 Å². The zero-order chi connectivity index (χ0) is 19.7. The van der Waals surface area contributed by atoms with E-state index in [0.717, 1.165) is 36.1 Å². The van der Waals surface area contributed by atoms with Gasteiger partial charge in [-0.3, -0.25) is 4.79 Å². The van der Waals surface area contributed by atoms with Crippen molar-refractivity contribution in [3.05, 3.63) is 59.6 Å². The molecule has 1 aliphatic heterocycles. The lowest BCUT2D eigenvalue weighted by Gasteiger charge is -2.18. The van der Waals surface area contributed by atoms with E-state index in [0.29, 0.717) is 29.6 Å². The molecule has 0 bridgehead atoms. The van der Waals surface area contributed by atoms with Crippen molar-refractivity contribution < 1.29 is 18.3 Å². The average molecular weight is 382 g/mol. The Bertz CT molecular complexity index is 997. The Hall–Kier alpha value is -3.02. The van der Waals surface area contributed by atoms with Gasteiger partial charge in [0.05, 0.1) is 7.11 Å². The van der Waals surface area contributed by atoms with E-state index >= 15 is 0 Å². The number of anilines is 1. The monoisotopic (exact) mass is 382 g/mol. The lowest BCUT2D eigenvalue weighted by molar-refractivity contribution is 0.0922. The van der Waals surface area contributed by atoms with Gasteiger partial charge in [0, 0.05) is 42.3 Å². The van der Waals surface area contributed by atoms with Gasteiger partial charge >= 0.3 is 0 Å². The van der Waals surface area contributed by atoms with E-state index in [4.69, 9.17) is 9.15 Å². The average Bonchev–Trinajstić information content (AvgIpc) is 3.31. The predicted octanol–water partition coefficient (Wildman–Crippen LogP) is 4.15. The molecular weight excluding hydrogens is 359 g/mol. The number of rotatable bonds is 5. The van der Waals surface area contributed by atoms with Crippen LogP contribution in [-0.4, -0.2) is 32.7 Å². The van der Waals surface area contributed by atoms with Crippen molar-refractivity contribution in [2.75, 3.05) is 31.6 Å². The van der Waals surface area contributed by atoms with Crippen molar-refractivity contribution in [3.8, 4) is 5.75 Å². The molecular formula is C22H23FN2O3. The Balaban J connectivity index is 1.39. The van der Waals surface area contributed by atoms with Gasteiger partial charge in [0.1, 0.15) is 17.1 Å². The van der Waals surface area contributed by atoms with Crippen LogP contribution in [0.3, 0.4) is 0 Å². The highest BCUT2D eigenvalue weighted by Gasteiger charge is 2.24. The summed E-state index contributed by atoms with van der Waals surface area (Å²) in [5, 5.41) is 3.91. The third-order valence-corrected chi connectivity index (χ3v) is 5.38. The smallest absolute Gasteiger partial charge is 0.287 e. The fourth-order valence-electron chi connectivity index (χ4n) is 3.75. The number of carbonyl (C=O) groups is 1. The van der Waals surface area contributed by atoms with Gasteiger partial charge in [-0.2, -0.15) is 0 Å². The quantitative estimate of drug-likeness (QED) is 0.720. The fraction of sp³-hybridized carbons (Fsp3) is 0.318. The Morgan fingerprint density at radius 2 is 2.07 bits per heavy atom. The highest BCUT2D eigenvalue weighted by atomic mass is 19.1. The summed E-state index contributed by atoms with van der Waals surface area (Å²) in [5.74, 6) is 0.953. The van der Waals surface area contributed by atoms with Gasteiger partial charge in [0.2, 0.25) is 0 Å². The molecule has 0 aliphatic carbocycles. The second-order valence-corrected chi connectivity index (χ2v) is 7.21. The topological polar surface area (TPSA) is 54.7 Å². The van der Waals surface area contributed by atoms with Gasteiger partial charge in [0.25, 0.3) is 5.91 Å². The van der Waals surface area contributed by atoms with E-state index in [1.54, 1.807) is 25.3 Å². The molecule has 146 valence electrons. The summed E-state index contributed by atoms with van der Waals surface area (Å²) in [5.41, 5.74) is 2.48. The molecule has 2 heterocycles. The van der Waals surface area contributed by atoms with E-state index in [9.17, 15) is 9.18 Å². The summed E-state index contributed by atoms with van der Waals surface area (Å²) in [4.78, 5) is 14.9. The van der Waals surface area contributed by atoms with Crippen LogP contribution >= 0.6 is 0 Å². The molecule has 4 rings (SSSR count). The number of benzene rings is 2. The van der Waals surface area contributed by atoms with Crippen LogP contribution in [0.25, 0.3) is 11.0 Å². The Morgan fingerprint density at radius 1 is 1.29 bits per heavy atom. The van der Waals surface area contributed by atoms with Crippen LogP contribution in [0.5, 0.6) is 5.75 Å². The summed E-state index contributed by atoms with van der Waals surface area (Å²) in [6.45, 7) is 4.20. The van der Waals surface area contributed by atoms with Gasteiger partial charge in [-0.15, -0.1) is 0 Å². The van der Waals surface area contributed by atoms with Crippen molar-refractivity contribution in [1.29, 1.82) is 0 Å². The molecule has 5 nitrogen and oxygen atoms in total. The van der Waals surface area contributed by atoms with Gasteiger partial charge in [-0.1, -0.05) is 0 Å². The Labute approximate surface area is 163 Å². The minimum atomic E-state index is -0.231. The molecule has 1 amide bonds. The van der Waals surface area contributed by atoms with Crippen LogP contribution in [0.15, 0.2) is 46.9 Å². The Kier molecular flexibility index (Phi) is 4.94. The molecule has 1 atom stereocenters. The third-order valence-electron chi connectivity index (χ3n) is 5.38. The molecule has 3 aromatic rings. The lowest BCUT2D eigenvalue weighted by Crippen LogP contribution is -2.31. The molecule has 1 N–H and O–H groups in total. The summed E-state index contributed by atoms with van der Waals surface area (Å²) in [6, 6.07) is 12.1. The largest absolute Gasteiger partial charge is 0.497 e. The van der Waals surface area contributed by atoms with Gasteiger partial charge in [0.15, 0.2) is 5.76 Å². The molecule has 0 saturated carbocycles. The number of nitrogens with zero attached hydrogens (tertiary/aromatic N) is 1. The van der Waals surface area contributed by atoms with Gasteiger partial charge in [-0.05, 0) is 55.7 Å². The molecule has 1 fully saturated rings. The first kappa shape index (κ1) is 18.3. The van der Waals surface area contributed by atoms with E-state index in [1.807, 2.05) is 19.1 Å². The van der Waals surface area contributed by atoms with Crippen molar-refractivity contribution in [2.45, 2.75) is 13.3 Å². The van der Waals surface area contributed by atoms with Crippen molar-refractivity contribution in [2.24, 2.45) is 5.92 Å². The Morgan fingerprint density at radius 3 is 2.82 bits per heavy atom. The van der Waals surface area contributed by atoms with Crippen LogP contribution in [-0.2, 0) is 0 Å². The molecule has 1 unspecified atom stereocenters. The predicted molar refractivity (Wildman–Crippen MR) is 107 cm³/mol. The number of amides is 1. The van der Waals surface area contributed by atoms with E-state index in [1.165, 1.54) is 12.1 Å². The number of aryl methyl sites for hydroxylation is 1. The molecule has 28 heavy (non-hydrogen) atoms. The number of hydrogen-bond acceptors (Lipinski definition) is 4. The maximum absolute atomic E-state index is 13.1. The van der Waals surface area contributed by atoms with Gasteiger partial charge in [-0.25, -0.2) is 4.39 Å². The van der Waals surface area contributed by atoms with E-state index < -0.39 is 0 Å². The van der Waals surface area contributed by atoms with Crippen LogP contribution in [0.4, 0.5) is 10.1 Å². The molecule has 0 radical (unpaired) electrons. The van der Waals surface area contributed by atoms with Crippen molar-refractivity contribution in [3.63, 3.8) is 0 Å². The summed E-state index contributed by atoms with van der Waals surface area (Å²) in [6.07, 6.45) is 0.980. The normalized spacial score (nSPS) is 16.5. The molecule has 0 spiro atoms. The standard InChI is InChI=1S/C22H23FN2O3/c1-14-19-8-7-18(27-2)11-20(19)28-21(14)22(26)24-12-15-9-10-25(13-15)17-5-3-16(23)4-6-17/h3-8,11,15H,9-10,12-13H2,1-2H3,(H,24,26). The first-order chi connectivity index (χ1) is 13.5. The summed E-state index contributed by atoms with van der Waals surface area (Å²) in [7, 11) is 1.60. The van der Waals surface area contributed by atoms with E-state index in [-0.39, 0.29) is 11.7 Å². The van der Waals surface area contributed by atoms with Crippen molar-refractivity contribution in [1.82, 2.24) is 5.32 Å². The second-order valence-electron chi connectivity index (χ2n) is 7.21. The highest BCUT2D eigenvalue weighted by Crippen LogP contribution is 2.29. The molecule has 1 saturated heterocycles. The third kappa shape index (κ3) is 3.54. The number of furan rings is 1. The van der Waals surface area contributed by atoms with Crippen molar-refractivity contribution >= 4 is 22.6 Å². The number of fused-ring (bicyclic) bond motifs is 1. The summed E-state index contributed by atoms with van der Waals surface area (Å²) >= 11 is 0. The number of methoxy groups -OCH3 is 1. The first-order valence-corrected chi connectivity index (χ1v) is 9.41. The van der Waals surface area contributed by atoms with E-state index in [2.05, 4.69) is 10.2 Å². The minimum absolute atomic E-state index is 0.201. The maximum atomic E-state index is 13.1. The first-order valence-electron chi connectivity index (χ1n) is 9.41. The number of carbonyl (C=O) groups excluding carboxylic acids is 1. The molecule has 2 aromatic carbocycles. The zero-order valence-electron chi connectivity index (χ0n) is 16.0. The minimum Gasteiger partial charge on any atom is -0.497 e. The number of nitrogens with one attached hydrogen (secondary N) is 1. The van der Waals surface area contributed by atoms with Gasteiger partial charge < -0.3 is 19.4 Å². The number of ether oxygens (including phenoxy) is 1. The zero-order valence-corrected chi connectivity index (χ0v) is 16.0. The highest BCUT2D eigenvalue weighted by molar-refractivity contribution is 5.99. The number of halogens is 1. The molecule has 6 heteroatoms. The van der Waals surface area contributed by atoms with Crippen LogP contribution in [0.2, 0.25) is 0 Å². The lowest BCUT2D eigenvalue weighted by atomic mass is 10.1. The SMILES string of the molecule is COc1ccc2c(C)c(C(=O)NCC3CCN(c4ccc(F)cc4)C3)oc2c1.